The number of anilines is 1. The summed E-state index contributed by atoms with van der Waals surface area (Å²) in [6.07, 6.45) is 0. The number of benzene rings is 3. The molecule has 0 radical (unpaired) electrons. The van der Waals surface area contributed by atoms with Gasteiger partial charge in [0.2, 0.25) is 0 Å². The summed E-state index contributed by atoms with van der Waals surface area (Å²) in [5, 5.41) is 4.53. The zero-order valence-electron chi connectivity index (χ0n) is 11.9. The number of hydrogen-bond acceptors (Lipinski definition) is 1. The maximum Gasteiger partial charge on any atom is 0.156 e. The van der Waals surface area contributed by atoms with Gasteiger partial charge >= 0.3 is 0 Å². The summed E-state index contributed by atoms with van der Waals surface area (Å²) >= 11 is 3.43. The van der Waals surface area contributed by atoms with Gasteiger partial charge in [0.05, 0.1) is 5.22 Å². The van der Waals surface area contributed by atoms with Crippen LogP contribution < -0.4 is 10.1 Å². The first-order chi connectivity index (χ1) is 10.8. The number of para-hydroxylation sites is 2. The first-order valence-electron chi connectivity index (χ1n) is 6.95. The van der Waals surface area contributed by atoms with Crippen molar-refractivity contribution >= 4 is 33.0 Å². The van der Waals surface area contributed by atoms with Crippen molar-refractivity contribution < 1.29 is 0 Å². The molecular weight excluding hydrogens is 338 g/mol. The van der Waals surface area contributed by atoms with E-state index in [0.29, 0.717) is 0 Å². The third-order valence-corrected chi connectivity index (χ3v) is 3.65. The van der Waals surface area contributed by atoms with E-state index in [1.54, 1.807) is 0 Å². The summed E-state index contributed by atoms with van der Waals surface area (Å²) in [7, 11) is 0. The molecule has 0 saturated heterocycles. The molecule has 3 aromatic rings. The highest BCUT2D eigenvalue weighted by Gasteiger charge is 2.10. The molecule has 0 amide bonds. The van der Waals surface area contributed by atoms with E-state index in [1.165, 1.54) is 0 Å². The molecule has 0 spiro atoms. The molecule has 0 bridgehead atoms. The first-order valence-corrected chi connectivity index (χ1v) is 7.75. The Labute approximate surface area is 138 Å². The number of halogens is 1. The van der Waals surface area contributed by atoms with E-state index in [2.05, 4.69) is 26.6 Å². The van der Waals surface area contributed by atoms with E-state index in [9.17, 15) is 0 Å². The van der Waals surface area contributed by atoms with Crippen LogP contribution in [0, 0.1) is 0 Å². The van der Waals surface area contributed by atoms with Crippen molar-refractivity contribution in [2.24, 2.45) is 5.22 Å². The summed E-state index contributed by atoms with van der Waals surface area (Å²) in [5.41, 5.74) is 6.03. The highest BCUT2D eigenvalue weighted by molar-refractivity contribution is 9.10. The van der Waals surface area contributed by atoms with Crippen molar-refractivity contribution in [1.29, 1.82) is 0 Å². The van der Waals surface area contributed by atoms with E-state index in [-0.39, 0.29) is 0 Å². The Morgan fingerprint density at radius 3 is 1.68 bits per heavy atom. The Balaban J connectivity index is 1.95. The average Bonchev–Trinajstić information content (AvgIpc) is 2.59. The van der Waals surface area contributed by atoms with Crippen molar-refractivity contribution in [1.82, 2.24) is 4.70 Å². The van der Waals surface area contributed by atoms with Gasteiger partial charge in [-0.2, -0.15) is 0 Å². The van der Waals surface area contributed by atoms with Gasteiger partial charge in [-0.25, -0.2) is 0 Å². The molecule has 108 valence electrons. The van der Waals surface area contributed by atoms with Crippen molar-refractivity contribution in [3.8, 4) is 0 Å². The second-order valence-corrected chi connectivity index (χ2v) is 5.62. The normalized spacial score (nSPS) is 10.0. The molecule has 3 aromatic carbocycles. The Kier molecular flexibility index (Phi) is 4.61. The van der Waals surface area contributed by atoms with Crippen LogP contribution in [0.15, 0.2) is 94.6 Å². The van der Waals surface area contributed by atoms with Crippen molar-refractivity contribution in [2.45, 2.75) is 0 Å². The largest absolute Gasteiger partial charge is 0.156 e. The van der Waals surface area contributed by atoms with Crippen LogP contribution in [0.2, 0.25) is 0 Å². The summed E-state index contributed by atoms with van der Waals surface area (Å²) in [6.45, 7) is 0. The molecule has 0 aromatic heterocycles. The van der Waals surface area contributed by atoms with E-state index < -0.39 is 0 Å². The lowest BCUT2D eigenvalue weighted by atomic mass is 10.2. The van der Waals surface area contributed by atoms with E-state index in [4.69, 9.17) is 0 Å². The van der Waals surface area contributed by atoms with Gasteiger partial charge in [-0.15, -0.1) is 5.43 Å². The molecule has 0 atom stereocenters. The fraction of sp³-hybridized carbons (Fsp3) is 0. The fourth-order valence-corrected chi connectivity index (χ4v) is 2.30. The van der Waals surface area contributed by atoms with Crippen molar-refractivity contribution in [3.05, 3.63) is 89.4 Å². The lowest BCUT2D eigenvalue weighted by molar-refractivity contribution is 0.861. The molecular formula is C18H15BrN3+. The van der Waals surface area contributed by atoms with Crippen molar-refractivity contribution in [2.75, 3.05) is 5.43 Å². The molecule has 0 fully saturated rings. The van der Waals surface area contributed by atoms with Gasteiger partial charge in [-0.3, -0.25) is 0 Å². The zero-order valence-corrected chi connectivity index (χ0v) is 13.4. The lowest BCUT2D eigenvalue weighted by Gasteiger charge is -2.04. The molecule has 0 aliphatic rings. The summed E-state index contributed by atoms with van der Waals surface area (Å²) in [4.78, 5) is 0. The van der Waals surface area contributed by atoms with E-state index in [0.717, 1.165) is 21.5 Å². The second kappa shape index (κ2) is 7.00. The van der Waals surface area contributed by atoms with Crippen LogP contribution in [-0.2, 0) is 0 Å². The molecule has 0 aliphatic heterocycles. The van der Waals surface area contributed by atoms with Crippen LogP contribution in [0.1, 0.15) is 0 Å². The zero-order chi connectivity index (χ0) is 15.2. The lowest BCUT2D eigenvalue weighted by Crippen LogP contribution is -2.04. The Hall–Kier alpha value is -2.46. The van der Waals surface area contributed by atoms with Crippen LogP contribution in [0.25, 0.3) is 0 Å². The number of hydrogen-bond donors (Lipinski definition) is 1. The summed E-state index contributed by atoms with van der Waals surface area (Å²) in [5.74, 6) is 0. The number of rotatable bonds is 4. The monoisotopic (exact) mass is 352 g/mol. The molecule has 3 nitrogen and oxygen atoms in total. The quantitative estimate of drug-likeness (QED) is 0.360. The standard InChI is InChI=1S/C18H14BrN3/c19-15-11-13-16(14-12-15)20-21-22(17-7-3-1-4-8-17)18-9-5-2-6-10-18/h1-14H/p+1. The molecule has 0 unspecified atom stereocenters. The van der Waals surface area contributed by atoms with Gasteiger partial charge in [-0.05, 0) is 48.5 Å². The third-order valence-electron chi connectivity index (χ3n) is 3.12. The summed E-state index contributed by atoms with van der Waals surface area (Å²) < 4.78 is 2.92. The van der Waals surface area contributed by atoms with E-state index >= 15 is 0 Å². The topological polar surface area (TPSA) is 27.4 Å². The highest BCUT2D eigenvalue weighted by atomic mass is 79.9. The van der Waals surface area contributed by atoms with Gasteiger partial charge < -0.3 is 0 Å². The minimum absolute atomic E-state index is 0.931. The SMILES string of the molecule is Brc1ccc(NN=[N+](c2ccccc2)c2ccccc2)cc1. The number of nitrogens with zero attached hydrogens (tertiary/aromatic N) is 2. The van der Waals surface area contributed by atoms with Gasteiger partial charge in [0, 0.05) is 4.47 Å². The predicted molar refractivity (Wildman–Crippen MR) is 94.5 cm³/mol. The minimum Gasteiger partial charge on any atom is -0.147 e. The van der Waals surface area contributed by atoms with Gasteiger partial charge in [0.25, 0.3) is 0 Å². The van der Waals surface area contributed by atoms with Gasteiger partial charge in [0.15, 0.2) is 11.4 Å². The predicted octanol–water partition coefficient (Wildman–Crippen LogP) is 5.76. The Morgan fingerprint density at radius 2 is 1.18 bits per heavy atom. The smallest absolute Gasteiger partial charge is 0.147 e. The summed E-state index contributed by atoms with van der Waals surface area (Å²) in [6, 6.07) is 28.0. The average molecular weight is 353 g/mol. The van der Waals surface area contributed by atoms with Gasteiger partial charge in [0.1, 0.15) is 5.69 Å². The molecule has 0 heterocycles. The van der Waals surface area contributed by atoms with Crippen LogP contribution >= 0.6 is 15.9 Å². The minimum atomic E-state index is 0.931. The highest BCUT2D eigenvalue weighted by Crippen LogP contribution is 2.21. The maximum atomic E-state index is 4.53. The van der Waals surface area contributed by atoms with Crippen LogP contribution in [0.3, 0.4) is 0 Å². The second-order valence-electron chi connectivity index (χ2n) is 4.70. The molecule has 0 aliphatic carbocycles. The van der Waals surface area contributed by atoms with Crippen LogP contribution in [0.4, 0.5) is 17.1 Å². The van der Waals surface area contributed by atoms with Gasteiger partial charge in [-0.1, -0.05) is 57.0 Å². The van der Waals surface area contributed by atoms with Crippen LogP contribution in [-0.4, -0.2) is 0 Å². The molecule has 0 saturated carbocycles. The van der Waals surface area contributed by atoms with Crippen molar-refractivity contribution in [3.63, 3.8) is 0 Å². The van der Waals surface area contributed by atoms with E-state index in [1.807, 2.05) is 89.6 Å². The first kappa shape index (κ1) is 14.5. The Morgan fingerprint density at radius 1 is 0.682 bits per heavy atom. The maximum absolute atomic E-state index is 4.53. The molecule has 3 rings (SSSR count). The van der Waals surface area contributed by atoms with Crippen LogP contribution in [0.5, 0.6) is 0 Å². The Bertz CT molecular complexity index is 712. The third kappa shape index (κ3) is 3.59. The molecule has 1 N–H and O–H groups in total. The fourth-order valence-electron chi connectivity index (χ4n) is 2.04. The molecule has 22 heavy (non-hydrogen) atoms. The number of nitrogens with one attached hydrogen (secondary N) is 1. The molecule has 4 heteroatoms.